The molecule has 0 saturated carbocycles. The molecule has 0 aliphatic carbocycles. The highest BCUT2D eigenvalue weighted by Crippen LogP contribution is 2.24. The average Bonchev–Trinajstić information content (AvgIpc) is 2.29. The molecule has 94 valence electrons. The Morgan fingerprint density at radius 2 is 2.29 bits per heavy atom. The number of hydrogen-bond acceptors (Lipinski definition) is 5. The third-order valence-corrected chi connectivity index (χ3v) is 2.43. The highest BCUT2D eigenvalue weighted by Gasteiger charge is 2.13. The number of nitrogen functional groups attached to an aromatic ring is 1. The third kappa shape index (κ3) is 3.74. The van der Waals surface area contributed by atoms with Gasteiger partial charge < -0.3 is 16.0 Å². The van der Waals surface area contributed by atoms with Crippen molar-refractivity contribution in [2.45, 2.75) is 13.3 Å². The van der Waals surface area contributed by atoms with Crippen LogP contribution in [0.4, 0.5) is 11.5 Å². The second-order valence-corrected chi connectivity index (χ2v) is 3.97. The fraction of sp³-hybridized carbons (Fsp3) is 0.500. The Bertz CT molecular complexity index is 398. The van der Waals surface area contributed by atoms with Crippen molar-refractivity contribution in [3.05, 3.63) is 11.5 Å². The Morgan fingerprint density at radius 3 is 2.94 bits per heavy atom. The lowest BCUT2D eigenvalue weighted by Crippen LogP contribution is -2.36. The summed E-state index contributed by atoms with van der Waals surface area (Å²) in [6.45, 7) is 2.83. The summed E-state index contributed by atoms with van der Waals surface area (Å²) < 4.78 is 0. The minimum absolute atomic E-state index is 0.0801. The molecule has 0 saturated heterocycles. The van der Waals surface area contributed by atoms with Gasteiger partial charge in [-0.2, -0.15) is 0 Å². The van der Waals surface area contributed by atoms with Crippen LogP contribution in [0.25, 0.3) is 0 Å². The first-order chi connectivity index (χ1) is 8.06. The number of nitrogens with zero attached hydrogens (tertiary/aromatic N) is 3. The Balaban J connectivity index is 2.66. The van der Waals surface area contributed by atoms with E-state index < -0.39 is 0 Å². The molecule has 0 aliphatic heterocycles. The van der Waals surface area contributed by atoms with Gasteiger partial charge in [-0.25, -0.2) is 9.97 Å². The van der Waals surface area contributed by atoms with Crippen LogP contribution >= 0.6 is 11.6 Å². The van der Waals surface area contributed by atoms with E-state index in [1.807, 2.05) is 6.92 Å². The van der Waals surface area contributed by atoms with Gasteiger partial charge in [-0.15, -0.1) is 0 Å². The third-order valence-electron chi connectivity index (χ3n) is 2.13. The van der Waals surface area contributed by atoms with Crippen molar-refractivity contribution in [3.8, 4) is 0 Å². The van der Waals surface area contributed by atoms with Gasteiger partial charge in [0.25, 0.3) is 0 Å². The van der Waals surface area contributed by atoms with Gasteiger partial charge >= 0.3 is 0 Å². The van der Waals surface area contributed by atoms with E-state index in [1.165, 1.54) is 6.33 Å². The minimum atomic E-state index is -0.0801. The molecule has 0 aromatic carbocycles. The highest BCUT2D eigenvalue weighted by atomic mass is 35.5. The summed E-state index contributed by atoms with van der Waals surface area (Å²) in [5.41, 5.74) is 6.01. The van der Waals surface area contributed by atoms with E-state index in [4.69, 9.17) is 17.3 Å². The Kier molecular flexibility index (Phi) is 4.96. The molecule has 3 N–H and O–H groups in total. The van der Waals surface area contributed by atoms with Crippen molar-refractivity contribution in [2.24, 2.45) is 0 Å². The van der Waals surface area contributed by atoms with Gasteiger partial charge in [0.05, 0.1) is 6.54 Å². The Labute approximate surface area is 105 Å². The van der Waals surface area contributed by atoms with Gasteiger partial charge in [0.2, 0.25) is 5.91 Å². The second kappa shape index (κ2) is 6.24. The van der Waals surface area contributed by atoms with Crippen molar-refractivity contribution in [1.29, 1.82) is 0 Å². The molecule has 1 aromatic rings. The molecule has 1 rings (SSSR count). The van der Waals surface area contributed by atoms with Crippen LogP contribution < -0.4 is 16.0 Å². The van der Waals surface area contributed by atoms with Crippen molar-refractivity contribution in [2.75, 3.05) is 30.8 Å². The number of carbonyl (C=O) groups is 1. The topological polar surface area (TPSA) is 84.1 Å². The summed E-state index contributed by atoms with van der Waals surface area (Å²) >= 11 is 5.77. The van der Waals surface area contributed by atoms with Gasteiger partial charge in [0, 0.05) is 13.6 Å². The molecule has 0 atom stereocenters. The minimum Gasteiger partial charge on any atom is -0.393 e. The lowest BCUT2D eigenvalue weighted by Gasteiger charge is -2.19. The zero-order valence-corrected chi connectivity index (χ0v) is 10.7. The first-order valence-corrected chi connectivity index (χ1v) is 5.67. The van der Waals surface area contributed by atoms with Crippen LogP contribution in [-0.2, 0) is 4.79 Å². The normalized spacial score (nSPS) is 10.1. The SMILES string of the molecule is CCCNC(=O)CN(C)c1ncnc(Cl)c1N. The van der Waals surface area contributed by atoms with Gasteiger partial charge in [0.1, 0.15) is 12.0 Å². The zero-order chi connectivity index (χ0) is 12.8. The molecule has 0 unspecified atom stereocenters. The van der Waals surface area contributed by atoms with E-state index in [0.29, 0.717) is 12.4 Å². The lowest BCUT2D eigenvalue weighted by atomic mass is 10.4. The molecule has 17 heavy (non-hydrogen) atoms. The van der Waals surface area contributed by atoms with E-state index >= 15 is 0 Å². The average molecular weight is 258 g/mol. The number of likely N-dealkylation sites (N-methyl/N-ethyl adjacent to an activating group) is 1. The highest BCUT2D eigenvalue weighted by molar-refractivity contribution is 6.32. The summed E-state index contributed by atoms with van der Waals surface area (Å²) in [4.78, 5) is 20.9. The maximum absolute atomic E-state index is 11.5. The number of anilines is 2. The Morgan fingerprint density at radius 1 is 1.59 bits per heavy atom. The number of rotatable bonds is 5. The van der Waals surface area contributed by atoms with E-state index in [0.717, 1.165) is 6.42 Å². The molecule has 1 heterocycles. The van der Waals surface area contributed by atoms with Crippen LogP contribution in [0.1, 0.15) is 13.3 Å². The van der Waals surface area contributed by atoms with E-state index in [2.05, 4.69) is 15.3 Å². The monoisotopic (exact) mass is 257 g/mol. The molecule has 0 radical (unpaired) electrons. The standard InChI is InChI=1S/C10H16ClN5O/c1-3-4-13-7(17)5-16(2)10-8(12)9(11)14-6-15-10/h6H,3-5,12H2,1-2H3,(H,13,17). The zero-order valence-electron chi connectivity index (χ0n) is 9.90. The molecule has 0 aliphatic rings. The number of hydrogen-bond donors (Lipinski definition) is 2. The summed E-state index contributed by atoms with van der Waals surface area (Å²) in [7, 11) is 1.72. The first kappa shape index (κ1) is 13.5. The van der Waals surface area contributed by atoms with Crippen molar-refractivity contribution in [3.63, 3.8) is 0 Å². The Hall–Kier alpha value is -1.56. The molecule has 1 amide bonds. The van der Waals surface area contributed by atoms with Crippen LogP contribution in [-0.4, -0.2) is 36.0 Å². The van der Waals surface area contributed by atoms with Crippen LogP contribution in [0.3, 0.4) is 0 Å². The fourth-order valence-electron chi connectivity index (χ4n) is 1.28. The number of carbonyl (C=O) groups excluding carboxylic acids is 1. The number of halogens is 1. The van der Waals surface area contributed by atoms with Gasteiger partial charge in [0.15, 0.2) is 11.0 Å². The maximum Gasteiger partial charge on any atom is 0.239 e. The number of nitrogens with one attached hydrogen (secondary N) is 1. The predicted octanol–water partition coefficient (Wildman–Crippen LogP) is 0.675. The number of nitrogens with two attached hydrogens (primary N) is 1. The summed E-state index contributed by atoms with van der Waals surface area (Å²) in [6.07, 6.45) is 2.21. The van der Waals surface area contributed by atoms with Crippen molar-refractivity contribution >= 4 is 29.0 Å². The van der Waals surface area contributed by atoms with Crippen molar-refractivity contribution < 1.29 is 4.79 Å². The number of amides is 1. The molecular formula is C10H16ClN5O. The molecule has 0 fully saturated rings. The molecule has 6 nitrogen and oxygen atoms in total. The predicted molar refractivity (Wildman–Crippen MR) is 68.0 cm³/mol. The molecule has 7 heteroatoms. The number of aromatic nitrogens is 2. The van der Waals surface area contributed by atoms with Crippen LogP contribution in [0.5, 0.6) is 0 Å². The van der Waals surface area contributed by atoms with Crippen molar-refractivity contribution in [1.82, 2.24) is 15.3 Å². The largest absolute Gasteiger partial charge is 0.393 e. The van der Waals surface area contributed by atoms with Gasteiger partial charge in [-0.3, -0.25) is 4.79 Å². The smallest absolute Gasteiger partial charge is 0.239 e. The lowest BCUT2D eigenvalue weighted by molar-refractivity contribution is -0.119. The maximum atomic E-state index is 11.5. The van der Waals surface area contributed by atoms with Crippen LogP contribution in [0, 0.1) is 0 Å². The summed E-state index contributed by atoms with van der Waals surface area (Å²) in [6, 6.07) is 0. The van der Waals surface area contributed by atoms with Gasteiger partial charge in [-0.05, 0) is 6.42 Å². The molecular weight excluding hydrogens is 242 g/mol. The summed E-state index contributed by atoms with van der Waals surface area (Å²) in [5, 5.41) is 2.96. The summed E-state index contributed by atoms with van der Waals surface area (Å²) in [5.74, 6) is 0.375. The van der Waals surface area contributed by atoms with E-state index in [9.17, 15) is 4.79 Å². The van der Waals surface area contributed by atoms with Crippen LogP contribution in [0.15, 0.2) is 6.33 Å². The molecule has 0 spiro atoms. The molecule has 0 bridgehead atoms. The quantitative estimate of drug-likeness (QED) is 0.758. The second-order valence-electron chi connectivity index (χ2n) is 3.61. The van der Waals surface area contributed by atoms with Gasteiger partial charge in [-0.1, -0.05) is 18.5 Å². The van der Waals surface area contributed by atoms with E-state index in [-0.39, 0.29) is 23.3 Å². The van der Waals surface area contributed by atoms with Crippen LogP contribution in [0.2, 0.25) is 5.15 Å². The first-order valence-electron chi connectivity index (χ1n) is 5.30. The molecule has 1 aromatic heterocycles. The fourth-order valence-corrected chi connectivity index (χ4v) is 1.41. The van der Waals surface area contributed by atoms with E-state index in [1.54, 1.807) is 11.9 Å².